The highest BCUT2D eigenvalue weighted by Gasteiger charge is 2.15. The Hall–Kier alpha value is -1.56. The summed E-state index contributed by atoms with van der Waals surface area (Å²) in [7, 11) is -3.74. The molecule has 0 heterocycles. The van der Waals surface area contributed by atoms with Gasteiger partial charge in [-0.25, -0.2) is 8.42 Å². The molecule has 0 bridgehead atoms. The normalized spacial score (nSPS) is 11.2. The topological polar surface area (TPSA) is 63.2 Å². The van der Waals surface area contributed by atoms with Crippen molar-refractivity contribution in [1.82, 2.24) is 0 Å². The van der Waals surface area contributed by atoms with Crippen molar-refractivity contribution in [1.29, 1.82) is 0 Å². The summed E-state index contributed by atoms with van der Waals surface area (Å²) in [5.74, 6) is 0. The predicted octanol–water partition coefficient (Wildman–Crippen LogP) is 3.83. The fraction of sp³-hybridized carbons (Fsp3) is 0.0714. The van der Waals surface area contributed by atoms with Crippen molar-refractivity contribution in [3.05, 3.63) is 58.6 Å². The molecule has 0 saturated heterocycles. The lowest BCUT2D eigenvalue weighted by molar-refractivity contribution is 0.108. The molecule has 0 aromatic heterocycles. The van der Waals surface area contributed by atoms with E-state index in [2.05, 4.69) is 4.72 Å². The van der Waals surface area contributed by atoms with E-state index in [0.29, 0.717) is 10.7 Å². The van der Waals surface area contributed by atoms with Crippen LogP contribution in [-0.2, 0) is 10.0 Å². The lowest BCUT2D eigenvalue weighted by Gasteiger charge is -2.09. The first kappa shape index (κ1) is 15.8. The van der Waals surface area contributed by atoms with Crippen LogP contribution in [0.25, 0.3) is 0 Å². The van der Waals surface area contributed by atoms with Crippen LogP contribution in [-0.4, -0.2) is 13.7 Å². The summed E-state index contributed by atoms with van der Waals surface area (Å²) in [5.41, 5.74) is 1.41. The van der Waals surface area contributed by atoms with Crippen molar-refractivity contribution < 1.29 is 13.2 Å². The standard InChI is InChI=1S/C14H11Cl2NO3S/c1-9-2-7-12(8-13(9)15)21(19,20)17-11-5-3-10(4-6-11)14(16)18/h2-8,17H,1H3. The number of halogens is 2. The van der Waals surface area contributed by atoms with Crippen LogP contribution in [0.4, 0.5) is 5.69 Å². The maximum absolute atomic E-state index is 12.2. The number of hydrogen-bond donors (Lipinski definition) is 1. The van der Waals surface area contributed by atoms with Crippen LogP contribution in [0, 0.1) is 6.92 Å². The Morgan fingerprint density at radius 1 is 1.10 bits per heavy atom. The van der Waals surface area contributed by atoms with Gasteiger partial charge in [-0.3, -0.25) is 9.52 Å². The fourth-order valence-electron chi connectivity index (χ4n) is 1.62. The van der Waals surface area contributed by atoms with Crippen LogP contribution in [0.5, 0.6) is 0 Å². The first-order chi connectivity index (χ1) is 9.79. The number of carbonyl (C=O) groups excluding carboxylic acids is 1. The zero-order chi connectivity index (χ0) is 15.6. The molecule has 0 unspecified atom stereocenters. The highest BCUT2D eigenvalue weighted by molar-refractivity contribution is 7.92. The van der Waals surface area contributed by atoms with Crippen LogP contribution >= 0.6 is 23.2 Å². The van der Waals surface area contributed by atoms with Crippen molar-refractivity contribution in [2.75, 3.05) is 4.72 Å². The van der Waals surface area contributed by atoms with Crippen molar-refractivity contribution in [3.8, 4) is 0 Å². The molecule has 0 spiro atoms. The van der Waals surface area contributed by atoms with E-state index in [1.807, 2.05) is 0 Å². The van der Waals surface area contributed by atoms with E-state index >= 15 is 0 Å². The number of rotatable bonds is 4. The first-order valence-electron chi connectivity index (χ1n) is 5.88. The lowest BCUT2D eigenvalue weighted by Crippen LogP contribution is -2.13. The zero-order valence-electron chi connectivity index (χ0n) is 10.9. The summed E-state index contributed by atoms with van der Waals surface area (Å²) in [5, 5.41) is -0.226. The SMILES string of the molecule is Cc1ccc(S(=O)(=O)Nc2ccc(C(=O)Cl)cc2)cc1Cl. The van der Waals surface area contributed by atoms with Crippen molar-refractivity contribution >= 4 is 44.2 Å². The van der Waals surface area contributed by atoms with Gasteiger partial charge in [0.05, 0.1) is 4.90 Å². The Morgan fingerprint density at radius 2 is 1.71 bits per heavy atom. The van der Waals surface area contributed by atoms with E-state index in [-0.39, 0.29) is 10.5 Å². The molecule has 0 aliphatic rings. The Bertz CT molecular complexity index is 786. The quantitative estimate of drug-likeness (QED) is 0.858. The molecule has 0 radical (unpaired) electrons. The molecular weight excluding hydrogens is 333 g/mol. The summed E-state index contributed by atoms with van der Waals surface area (Å²) in [4.78, 5) is 11.0. The summed E-state index contributed by atoms with van der Waals surface area (Å²) < 4.78 is 26.8. The Balaban J connectivity index is 2.28. The zero-order valence-corrected chi connectivity index (χ0v) is 13.3. The minimum atomic E-state index is -3.74. The van der Waals surface area contributed by atoms with Gasteiger partial charge < -0.3 is 0 Å². The minimum absolute atomic E-state index is 0.0654. The smallest absolute Gasteiger partial charge is 0.261 e. The van der Waals surface area contributed by atoms with E-state index in [0.717, 1.165) is 5.56 Å². The third-order valence-corrected chi connectivity index (χ3v) is 4.82. The third-order valence-electron chi connectivity index (χ3n) is 2.82. The maximum atomic E-state index is 12.2. The van der Waals surface area contributed by atoms with E-state index < -0.39 is 15.3 Å². The van der Waals surface area contributed by atoms with Gasteiger partial charge in [0.2, 0.25) is 0 Å². The Morgan fingerprint density at radius 3 is 2.24 bits per heavy atom. The average molecular weight is 344 g/mol. The Labute approximate surface area is 132 Å². The largest absolute Gasteiger partial charge is 0.280 e. The average Bonchev–Trinajstić information content (AvgIpc) is 2.42. The number of aryl methyl sites for hydroxylation is 1. The number of hydrogen-bond acceptors (Lipinski definition) is 3. The van der Waals surface area contributed by atoms with Gasteiger partial charge in [0.15, 0.2) is 0 Å². The molecule has 110 valence electrons. The van der Waals surface area contributed by atoms with Crippen LogP contribution < -0.4 is 4.72 Å². The number of benzene rings is 2. The second kappa shape index (κ2) is 6.05. The van der Waals surface area contributed by atoms with Gasteiger partial charge in [0.25, 0.3) is 15.3 Å². The second-order valence-corrected chi connectivity index (χ2v) is 6.80. The van der Waals surface area contributed by atoms with Gasteiger partial charge in [-0.05, 0) is 60.5 Å². The molecule has 1 N–H and O–H groups in total. The molecule has 0 atom stereocenters. The van der Waals surface area contributed by atoms with Gasteiger partial charge in [0, 0.05) is 16.3 Å². The van der Waals surface area contributed by atoms with Gasteiger partial charge in [-0.2, -0.15) is 0 Å². The molecule has 0 aliphatic carbocycles. The monoisotopic (exact) mass is 343 g/mol. The van der Waals surface area contributed by atoms with Gasteiger partial charge >= 0.3 is 0 Å². The molecule has 21 heavy (non-hydrogen) atoms. The summed E-state index contributed by atoms with van der Waals surface area (Å²) in [6, 6.07) is 10.3. The molecule has 2 aromatic carbocycles. The maximum Gasteiger partial charge on any atom is 0.261 e. The van der Waals surface area contributed by atoms with Gasteiger partial charge in [-0.15, -0.1) is 0 Å². The highest BCUT2D eigenvalue weighted by atomic mass is 35.5. The number of carbonyl (C=O) groups is 1. The number of anilines is 1. The lowest BCUT2D eigenvalue weighted by atomic mass is 10.2. The van der Waals surface area contributed by atoms with Crippen LogP contribution in [0.1, 0.15) is 15.9 Å². The van der Waals surface area contributed by atoms with E-state index in [9.17, 15) is 13.2 Å². The van der Waals surface area contributed by atoms with Crippen molar-refractivity contribution in [2.45, 2.75) is 11.8 Å². The molecule has 7 heteroatoms. The number of nitrogens with one attached hydrogen (secondary N) is 1. The van der Waals surface area contributed by atoms with Crippen molar-refractivity contribution in [2.24, 2.45) is 0 Å². The molecule has 2 rings (SSSR count). The first-order valence-corrected chi connectivity index (χ1v) is 8.12. The molecule has 2 aromatic rings. The molecular formula is C14H11Cl2NO3S. The minimum Gasteiger partial charge on any atom is -0.280 e. The van der Waals surface area contributed by atoms with E-state index in [1.165, 1.54) is 36.4 Å². The van der Waals surface area contributed by atoms with E-state index in [4.69, 9.17) is 23.2 Å². The Kier molecular flexibility index (Phi) is 4.56. The molecule has 0 amide bonds. The second-order valence-electron chi connectivity index (χ2n) is 4.37. The number of sulfonamides is 1. The van der Waals surface area contributed by atoms with Crippen LogP contribution in [0.3, 0.4) is 0 Å². The molecule has 0 saturated carbocycles. The highest BCUT2D eigenvalue weighted by Crippen LogP contribution is 2.22. The fourth-order valence-corrected chi connectivity index (χ4v) is 3.08. The van der Waals surface area contributed by atoms with Crippen LogP contribution in [0.15, 0.2) is 47.4 Å². The van der Waals surface area contributed by atoms with Gasteiger partial charge in [0.1, 0.15) is 0 Å². The third kappa shape index (κ3) is 3.75. The molecule has 0 aliphatic heterocycles. The van der Waals surface area contributed by atoms with Crippen LogP contribution in [0.2, 0.25) is 5.02 Å². The summed E-state index contributed by atoms with van der Waals surface area (Å²) >= 11 is 11.3. The summed E-state index contributed by atoms with van der Waals surface area (Å²) in [6.07, 6.45) is 0. The van der Waals surface area contributed by atoms with Crippen molar-refractivity contribution in [3.63, 3.8) is 0 Å². The van der Waals surface area contributed by atoms with Gasteiger partial charge in [-0.1, -0.05) is 17.7 Å². The molecule has 0 fully saturated rings. The predicted molar refractivity (Wildman–Crippen MR) is 83.6 cm³/mol. The summed E-state index contributed by atoms with van der Waals surface area (Å²) in [6.45, 7) is 1.79. The molecule has 4 nitrogen and oxygen atoms in total. The van der Waals surface area contributed by atoms with E-state index in [1.54, 1.807) is 13.0 Å².